The van der Waals surface area contributed by atoms with Gasteiger partial charge in [-0.25, -0.2) is 8.42 Å². The molecule has 0 spiro atoms. The molecule has 6 nitrogen and oxygen atoms in total. The molecule has 112 valence electrons. The Morgan fingerprint density at radius 1 is 1.30 bits per heavy atom. The highest BCUT2D eigenvalue weighted by atomic mass is 32.2. The van der Waals surface area contributed by atoms with Crippen LogP contribution in [-0.4, -0.2) is 40.6 Å². The summed E-state index contributed by atoms with van der Waals surface area (Å²) in [5.74, 6) is 0.493. The van der Waals surface area contributed by atoms with Gasteiger partial charge >= 0.3 is 0 Å². The number of hydrogen-bond donors (Lipinski definition) is 2. The van der Waals surface area contributed by atoms with Crippen LogP contribution in [0.4, 0.5) is 0 Å². The maximum Gasteiger partial charge on any atom is 0.260 e. The van der Waals surface area contributed by atoms with E-state index in [1.807, 2.05) is 0 Å². The smallest absolute Gasteiger partial charge is 0.260 e. The normalized spacial score (nSPS) is 25.6. The van der Waals surface area contributed by atoms with Crippen LogP contribution in [0.5, 0.6) is 0 Å². The minimum atomic E-state index is -3.57. The number of sulfonamides is 1. The number of rotatable bonds is 4. The van der Waals surface area contributed by atoms with E-state index in [1.165, 1.54) is 19.0 Å². The summed E-state index contributed by atoms with van der Waals surface area (Å²) in [6.07, 6.45) is 7.93. The van der Waals surface area contributed by atoms with Crippen LogP contribution in [-0.2, 0) is 16.6 Å². The number of hydrogen-bond acceptors (Lipinski definition) is 4. The second-order valence-corrected chi connectivity index (χ2v) is 7.58. The minimum absolute atomic E-state index is 0.0601. The van der Waals surface area contributed by atoms with Gasteiger partial charge in [-0.3, -0.25) is 5.10 Å². The number of H-pyrrole nitrogens is 1. The van der Waals surface area contributed by atoms with Gasteiger partial charge in [0.05, 0.1) is 12.8 Å². The monoisotopic (exact) mass is 299 g/mol. The van der Waals surface area contributed by atoms with E-state index in [0.29, 0.717) is 18.0 Å². The van der Waals surface area contributed by atoms with Crippen LogP contribution in [0, 0.1) is 5.92 Å². The Kier molecular flexibility index (Phi) is 3.83. The van der Waals surface area contributed by atoms with Crippen LogP contribution in [0.2, 0.25) is 0 Å². The van der Waals surface area contributed by atoms with Crippen molar-refractivity contribution in [3.05, 3.63) is 11.8 Å². The third-order valence-electron chi connectivity index (χ3n) is 4.61. The molecule has 0 amide bonds. The first-order valence-electron chi connectivity index (χ1n) is 7.29. The molecular weight excluding hydrogens is 278 g/mol. The van der Waals surface area contributed by atoms with Crippen molar-refractivity contribution in [1.29, 1.82) is 0 Å². The molecule has 2 fully saturated rings. The molecule has 2 aliphatic rings. The molecule has 1 saturated carbocycles. The largest absolute Gasteiger partial charge is 0.392 e. The molecule has 0 radical (unpaired) electrons. The topological polar surface area (TPSA) is 86.3 Å². The molecule has 2 N–H and O–H groups in total. The van der Waals surface area contributed by atoms with Gasteiger partial charge in [0, 0.05) is 18.2 Å². The van der Waals surface area contributed by atoms with Crippen molar-refractivity contribution in [2.45, 2.75) is 56.2 Å². The Hall–Kier alpha value is -0.920. The molecule has 3 rings (SSSR count). The maximum absolute atomic E-state index is 12.8. The van der Waals surface area contributed by atoms with E-state index in [9.17, 15) is 13.5 Å². The number of aromatic nitrogens is 2. The van der Waals surface area contributed by atoms with Gasteiger partial charge in [0.25, 0.3) is 10.0 Å². The van der Waals surface area contributed by atoms with Crippen LogP contribution in [0.25, 0.3) is 0 Å². The van der Waals surface area contributed by atoms with Gasteiger partial charge in [-0.05, 0) is 31.6 Å². The molecule has 1 unspecified atom stereocenters. The average molecular weight is 299 g/mol. The van der Waals surface area contributed by atoms with E-state index in [4.69, 9.17) is 0 Å². The molecule has 1 aromatic heterocycles. The summed E-state index contributed by atoms with van der Waals surface area (Å²) in [4.78, 5) is 0. The Balaban J connectivity index is 1.90. The van der Waals surface area contributed by atoms with Gasteiger partial charge in [-0.15, -0.1) is 0 Å². The number of nitrogens with one attached hydrogen (secondary N) is 1. The van der Waals surface area contributed by atoms with Gasteiger partial charge in [-0.2, -0.15) is 9.40 Å². The second-order valence-electron chi connectivity index (χ2n) is 5.75. The SMILES string of the molecule is O=S(=O)(c1[nH]ncc1CO)N1CCCC1C1CCCC1. The summed E-state index contributed by atoms with van der Waals surface area (Å²) < 4.78 is 27.2. The van der Waals surface area contributed by atoms with Crippen LogP contribution >= 0.6 is 0 Å². The summed E-state index contributed by atoms with van der Waals surface area (Å²) in [5.41, 5.74) is 0.349. The molecule has 1 atom stereocenters. The van der Waals surface area contributed by atoms with E-state index in [1.54, 1.807) is 4.31 Å². The highest BCUT2D eigenvalue weighted by Gasteiger charge is 2.41. The molecule has 20 heavy (non-hydrogen) atoms. The maximum atomic E-state index is 12.8. The van der Waals surface area contributed by atoms with Gasteiger partial charge in [0.2, 0.25) is 0 Å². The zero-order valence-electron chi connectivity index (χ0n) is 11.5. The lowest BCUT2D eigenvalue weighted by molar-refractivity contribution is 0.274. The third kappa shape index (κ3) is 2.27. The Bertz CT molecular complexity index is 563. The summed E-state index contributed by atoms with van der Waals surface area (Å²) in [5, 5.41) is 15.6. The molecule has 7 heteroatoms. The lowest BCUT2D eigenvalue weighted by Crippen LogP contribution is -2.39. The summed E-state index contributed by atoms with van der Waals surface area (Å²) in [7, 11) is -3.57. The third-order valence-corrected chi connectivity index (χ3v) is 6.55. The number of aliphatic hydroxyl groups is 1. The van der Waals surface area contributed by atoms with Gasteiger partial charge in [-0.1, -0.05) is 12.8 Å². The Morgan fingerprint density at radius 3 is 2.75 bits per heavy atom. The van der Waals surface area contributed by atoms with Crippen molar-refractivity contribution in [2.75, 3.05) is 6.54 Å². The van der Waals surface area contributed by atoms with Crippen LogP contribution in [0.3, 0.4) is 0 Å². The van der Waals surface area contributed by atoms with E-state index < -0.39 is 10.0 Å². The number of aliphatic hydroxyl groups excluding tert-OH is 1. The molecule has 1 saturated heterocycles. The molecule has 0 aromatic carbocycles. The van der Waals surface area contributed by atoms with Crippen molar-refractivity contribution >= 4 is 10.0 Å². The van der Waals surface area contributed by atoms with Crippen LogP contribution < -0.4 is 0 Å². The summed E-state index contributed by atoms with van der Waals surface area (Å²) >= 11 is 0. The first-order valence-corrected chi connectivity index (χ1v) is 8.73. The first kappa shape index (κ1) is 14.0. The van der Waals surface area contributed by atoms with E-state index >= 15 is 0 Å². The summed E-state index contributed by atoms with van der Waals surface area (Å²) in [6, 6.07) is 0.123. The highest BCUT2D eigenvalue weighted by molar-refractivity contribution is 7.89. The van der Waals surface area contributed by atoms with E-state index in [2.05, 4.69) is 10.2 Å². The zero-order valence-corrected chi connectivity index (χ0v) is 12.3. The Labute approximate surface area is 119 Å². The molecule has 1 aliphatic heterocycles. The van der Waals surface area contributed by atoms with Crippen molar-refractivity contribution in [3.63, 3.8) is 0 Å². The summed E-state index contributed by atoms with van der Waals surface area (Å²) in [6.45, 7) is 0.264. The molecule has 0 bridgehead atoms. The van der Waals surface area contributed by atoms with Crippen LogP contribution in [0.1, 0.15) is 44.1 Å². The van der Waals surface area contributed by atoms with Crippen molar-refractivity contribution in [3.8, 4) is 0 Å². The lowest BCUT2D eigenvalue weighted by Gasteiger charge is -2.28. The van der Waals surface area contributed by atoms with Crippen LogP contribution in [0.15, 0.2) is 11.2 Å². The highest BCUT2D eigenvalue weighted by Crippen LogP contribution is 2.38. The molecule has 2 heterocycles. The predicted octanol–water partition coefficient (Wildman–Crippen LogP) is 1.25. The fourth-order valence-electron chi connectivity index (χ4n) is 3.63. The van der Waals surface area contributed by atoms with E-state index in [-0.39, 0.29) is 17.7 Å². The fourth-order valence-corrected chi connectivity index (χ4v) is 5.48. The van der Waals surface area contributed by atoms with Gasteiger partial charge in [0.1, 0.15) is 0 Å². The lowest BCUT2D eigenvalue weighted by atomic mass is 9.97. The second kappa shape index (κ2) is 5.46. The first-order chi connectivity index (χ1) is 9.64. The van der Waals surface area contributed by atoms with Crippen molar-refractivity contribution in [1.82, 2.24) is 14.5 Å². The predicted molar refractivity (Wildman–Crippen MR) is 73.4 cm³/mol. The number of nitrogens with zero attached hydrogens (tertiary/aromatic N) is 2. The molecule has 1 aliphatic carbocycles. The van der Waals surface area contributed by atoms with E-state index in [0.717, 1.165) is 25.7 Å². The van der Waals surface area contributed by atoms with Gasteiger partial charge in [0.15, 0.2) is 5.03 Å². The average Bonchev–Trinajstić information content (AvgIpc) is 3.17. The van der Waals surface area contributed by atoms with Crippen molar-refractivity contribution < 1.29 is 13.5 Å². The molecule has 1 aromatic rings. The number of aromatic amines is 1. The Morgan fingerprint density at radius 2 is 2.05 bits per heavy atom. The molecular formula is C13H21N3O3S. The quantitative estimate of drug-likeness (QED) is 0.876. The van der Waals surface area contributed by atoms with Crippen molar-refractivity contribution in [2.24, 2.45) is 5.92 Å². The zero-order chi connectivity index (χ0) is 14.2. The fraction of sp³-hybridized carbons (Fsp3) is 0.769. The van der Waals surface area contributed by atoms with Gasteiger partial charge < -0.3 is 5.11 Å². The minimum Gasteiger partial charge on any atom is -0.392 e. The standard InChI is InChI=1S/C13H21N3O3S/c17-9-11-8-14-15-13(11)20(18,19)16-7-3-6-12(16)10-4-1-2-5-10/h8,10,12,17H,1-7,9H2,(H,14,15).